The van der Waals surface area contributed by atoms with Crippen molar-refractivity contribution in [2.24, 2.45) is 5.92 Å². The number of benzene rings is 1. The molecule has 2 aliphatic heterocycles. The fourth-order valence-electron chi connectivity index (χ4n) is 5.38. The maximum absolute atomic E-state index is 15.1. The first kappa shape index (κ1) is 23.1. The van der Waals surface area contributed by atoms with E-state index >= 15 is 4.39 Å². The molecule has 5 atom stereocenters. The van der Waals surface area contributed by atoms with E-state index in [4.69, 9.17) is 0 Å². The van der Waals surface area contributed by atoms with Crippen molar-refractivity contribution >= 4 is 11.6 Å². The molecule has 0 spiro atoms. The van der Waals surface area contributed by atoms with Gasteiger partial charge in [-0.15, -0.1) is 0 Å². The van der Waals surface area contributed by atoms with Crippen molar-refractivity contribution < 1.29 is 22.7 Å². The molecule has 184 valence electrons. The van der Waals surface area contributed by atoms with Crippen LogP contribution in [0.2, 0.25) is 0 Å². The number of nitrogens with zero attached hydrogens (tertiary/aromatic N) is 2. The summed E-state index contributed by atoms with van der Waals surface area (Å²) in [4.78, 5) is 13.0. The standard InChI is InChI=1S/C23H29F3N6O2/c24-19-10-20-18(9-17(19)13-11-28-32(12-13)15-5-7-27-8-6-15)21(31-30-20)22(33)29-14-1-3-16(4-2-14)34-23(25)26/h1-4,11-12,15,17-21,23,27,30-31H,5-10H2,(H,29,33). The van der Waals surface area contributed by atoms with Gasteiger partial charge in [0.2, 0.25) is 5.91 Å². The van der Waals surface area contributed by atoms with Crippen LogP contribution in [0.25, 0.3) is 0 Å². The van der Waals surface area contributed by atoms with Crippen LogP contribution in [0, 0.1) is 5.92 Å². The summed E-state index contributed by atoms with van der Waals surface area (Å²) in [5.74, 6) is -0.660. The summed E-state index contributed by atoms with van der Waals surface area (Å²) in [6, 6.07) is 5.39. The van der Waals surface area contributed by atoms with E-state index in [1.807, 2.05) is 10.9 Å². The quantitative estimate of drug-likeness (QED) is 0.511. The first-order valence-electron chi connectivity index (χ1n) is 11.7. The number of anilines is 1. The van der Waals surface area contributed by atoms with E-state index in [0.717, 1.165) is 31.5 Å². The Hall–Kier alpha value is -2.63. The lowest BCUT2D eigenvalue weighted by Crippen LogP contribution is -2.43. The summed E-state index contributed by atoms with van der Waals surface area (Å²) in [5, 5.41) is 10.7. The Morgan fingerprint density at radius 1 is 1.15 bits per heavy atom. The van der Waals surface area contributed by atoms with Crippen molar-refractivity contribution in [1.82, 2.24) is 25.9 Å². The number of carbonyl (C=O) groups excluding carboxylic acids is 1. The molecule has 1 aromatic heterocycles. The van der Waals surface area contributed by atoms with Gasteiger partial charge in [-0.3, -0.25) is 14.9 Å². The van der Waals surface area contributed by atoms with E-state index in [-0.39, 0.29) is 29.5 Å². The smallest absolute Gasteiger partial charge is 0.387 e. The molecule has 11 heteroatoms. The number of hydrazine groups is 1. The molecule has 1 amide bonds. The number of rotatable bonds is 6. The molecule has 3 aliphatic rings. The average Bonchev–Trinajstić information content (AvgIpc) is 3.47. The van der Waals surface area contributed by atoms with Gasteiger partial charge < -0.3 is 15.4 Å². The average molecular weight is 479 g/mol. The minimum Gasteiger partial charge on any atom is -0.435 e. The van der Waals surface area contributed by atoms with E-state index in [9.17, 15) is 13.6 Å². The molecule has 2 saturated heterocycles. The van der Waals surface area contributed by atoms with E-state index in [0.29, 0.717) is 24.6 Å². The van der Waals surface area contributed by atoms with E-state index in [2.05, 4.69) is 31.3 Å². The van der Waals surface area contributed by atoms with Crippen molar-refractivity contribution in [1.29, 1.82) is 0 Å². The van der Waals surface area contributed by atoms with Crippen LogP contribution in [-0.4, -0.2) is 53.6 Å². The number of fused-ring (bicyclic) bond motifs is 1. The third kappa shape index (κ3) is 4.91. The normalized spacial score (nSPS) is 29.7. The van der Waals surface area contributed by atoms with Gasteiger partial charge in [-0.2, -0.15) is 13.9 Å². The Bertz CT molecular complexity index is 981. The molecule has 0 bridgehead atoms. The largest absolute Gasteiger partial charge is 0.435 e. The maximum Gasteiger partial charge on any atom is 0.387 e. The number of nitrogens with one attached hydrogen (secondary N) is 4. The lowest BCUT2D eigenvalue weighted by molar-refractivity contribution is -0.119. The summed E-state index contributed by atoms with van der Waals surface area (Å²) >= 11 is 0. The summed E-state index contributed by atoms with van der Waals surface area (Å²) in [7, 11) is 0. The lowest BCUT2D eigenvalue weighted by atomic mass is 9.73. The Morgan fingerprint density at radius 3 is 2.65 bits per heavy atom. The summed E-state index contributed by atoms with van der Waals surface area (Å²) in [5.41, 5.74) is 7.46. The Labute approximate surface area is 195 Å². The second-order valence-corrected chi connectivity index (χ2v) is 9.26. The number of piperidine rings is 1. The van der Waals surface area contributed by atoms with Gasteiger partial charge in [-0.1, -0.05) is 0 Å². The highest BCUT2D eigenvalue weighted by Crippen LogP contribution is 2.41. The van der Waals surface area contributed by atoms with Crippen LogP contribution in [-0.2, 0) is 4.79 Å². The number of aromatic nitrogens is 2. The maximum atomic E-state index is 15.1. The van der Waals surface area contributed by atoms with E-state index in [1.165, 1.54) is 24.3 Å². The predicted octanol–water partition coefficient (Wildman–Crippen LogP) is 2.72. The van der Waals surface area contributed by atoms with Crippen LogP contribution in [0.5, 0.6) is 5.75 Å². The minimum atomic E-state index is -2.91. The topological polar surface area (TPSA) is 92.2 Å². The molecular weight excluding hydrogens is 449 g/mol. The number of ether oxygens (including phenoxy) is 1. The van der Waals surface area contributed by atoms with Crippen LogP contribution < -0.4 is 26.2 Å². The molecule has 3 heterocycles. The first-order chi connectivity index (χ1) is 16.5. The van der Waals surface area contributed by atoms with Crippen LogP contribution >= 0.6 is 0 Å². The SMILES string of the molecule is O=C(Nc1ccc(OC(F)F)cc1)C1NNC2CC(F)C(c3cnn(C4CCNCC4)c3)CC21. The van der Waals surface area contributed by atoms with Gasteiger partial charge >= 0.3 is 6.61 Å². The van der Waals surface area contributed by atoms with Crippen molar-refractivity contribution in [3.63, 3.8) is 0 Å². The van der Waals surface area contributed by atoms with E-state index < -0.39 is 18.8 Å². The van der Waals surface area contributed by atoms with Crippen molar-refractivity contribution in [3.05, 3.63) is 42.2 Å². The van der Waals surface area contributed by atoms with Crippen LogP contribution in [0.1, 0.15) is 43.2 Å². The molecule has 2 aromatic rings. The van der Waals surface area contributed by atoms with Gasteiger partial charge in [-0.05, 0) is 68.6 Å². The highest BCUT2D eigenvalue weighted by molar-refractivity contribution is 5.95. The molecule has 5 rings (SSSR count). The van der Waals surface area contributed by atoms with Gasteiger partial charge in [0.15, 0.2) is 0 Å². The summed E-state index contributed by atoms with van der Waals surface area (Å²) in [6.45, 7) is -1.000. The van der Waals surface area contributed by atoms with Crippen LogP contribution in [0.4, 0.5) is 18.9 Å². The third-order valence-electron chi connectivity index (χ3n) is 7.17. The Kier molecular flexibility index (Phi) is 6.75. The summed E-state index contributed by atoms with van der Waals surface area (Å²) in [6.07, 6.45) is 5.55. The monoisotopic (exact) mass is 478 g/mol. The molecule has 5 unspecified atom stereocenters. The molecule has 1 saturated carbocycles. The Morgan fingerprint density at radius 2 is 1.91 bits per heavy atom. The molecule has 34 heavy (non-hydrogen) atoms. The van der Waals surface area contributed by atoms with Crippen molar-refractivity contribution in [2.75, 3.05) is 18.4 Å². The van der Waals surface area contributed by atoms with Crippen LogP contribution in [0.15, 0.2) is 36.7 Å². The van der Waals surface area contributed by atoms with Gasteiger partial charge in [0.05, 0.1) is 12.2 Å². The van der Waals surface area contributed by atoms with E-state index in [1.54, 1.807) is 6.20 Å². The van der Waals surface area contributed by atoms with Gasteiger partial charge in [0.1, 0.15) is 18.0 Å². The van der Waals surface area contributed by atoms with Crippen LogP contribution in [0.3, 0.4) is 0 Å². The fourth-order valence-corrected chi connectivity index (χ4v) is 5.38. The zero-order valence-electron chi connectivity index (χ0n) is 18.6. The van der Waals surface area contributed by atoms with Gasteiger partial charge in [0, 0.05) is 29.8 Å². The highest BCUT2D eigenvalue weighted by Gasteiger charge is 2.47. The van der Waals surface area contributed by atoms with Gasteiger partial charge in [-0.25, -0.2) is 9.82 Å². The molecular formula is C23H29F3N6O2. The molecule has 0 radical (unpaired) electrons. The Balaban J connectivity index is 1.24. The third-order valence-corrected chi connectivity index (χ3v) is 7.17. The molecule has 1 aliphatic carbocycles. The zero-order valence-corrected chi connectivity index (χ0v) is 18.6. The second kappa shape index (κ2) is 9.93. The van der Waals surface area contributed by atoms with Gasteiger partial charge in [0.25, 0.3) is 0 Å². The number of amides is 1. The van der Waals surface area contributed by atoms with Crippen molar-refractivity contribution in [3.8, 4) is 5.75 Å². The number of carbonyl (C=O) groups is 1. The number of halogens is 3. The predicted molar refractivity (Wildman–Crippen MR) is 119 cm³/mol. The number of hydrogen-bond donors (Lipinski definition) is 4. The molecule has 4 N–H and O–H groups in total. The number of hydrogen-bond acceptors (Lipinski definition) is 6. The molecule has 1 aromatic carbocycles. The number of alkyl halides is 3. The minimum absolute atomic E-state index is 0.0165. The van der Waals surface area contributed by atoms with Crippen molar-refractivity contribution in [2.45, 2.75) is 62.5 Å². The summed E-state index contributed by atoms with van der Waals surface area (Å²) < 4.78 is 46.1. The molecule has 8 nitrogen and oxygen atoms in total. The highest BCUT2D eigenvalue weighted by atomic mass is 19.3. The first-order valence-corrected chi connectivity index (χ1v) is 11.7. The zero-order chi connectivity index (χ0) is 23.7. The lowest BCUT2D eigenvalue weighted by Gasteiger charge is -2.35. The second-order valence-electron chi connectivity index (χ2n) is 9.26. The fraction of sp³-hybridized carbons (Fsp3) is 0.565. The molecule has 3 fully saturated rings.